The second-order valence-corrected chi connectivity index (χ2v) is 5.57. The predicted octanol–water partition coefficient (Wildman–Crippen LogP) is 3.12. The van der Waals surface area contributed by atoms with Crippen molar-refractivity contribution in [3.05, 3.63) is 48.9 Å². The number of imidazole rings is 1. The van der Waals surface area contributed by atoms with E-state index in [2.05, 4.69) is 25.1 Å². The Bertz CT molecular complexity index is 1090. The van der Waals surface area contributed by atoms with Crippen LogP contribution >= 0.6 is 0 Å². The summed E-state index contributed by atoms with van der Waals surface area (Å²) >= 11 is 0. The standard InChI is InChI=1S/C18H15FN6O/c1-3-25-10-22-15-13(9-23-24-17(15)25)11-4-5-14(19)12(8-11)16-18(26-2)21-7-6-20-16/h4-10H,3H2,1-2H3. The third kappa shape index (κ3) is 2.55. The second-order valence-electron chi connectivity index (χ2n) is 5.57. The number of aromatic nitrogens is 6. The molecule has 0 saturated heterocycles. The first-order valence-corrected chi connectivity index (χ1v) is 8.04. The molecule has 0 radical (unpaired) electrons. The van der Waals surface area contributed by atoms with E-state index in [0.717, 1.165) is 17.7 Å². The summed E-state index contributed by atoms with van der Waals surface area (Å²) in [4.78, 5) is 12.8. The SMILES string of the molecule is CCn1cnc2c(-c3ccc(F)c(-c4nccnc4OC)c3)cnnc21. The van der Waals surface area contributed by atoms with Gasteiger partial charge in [-0.3, -0.25) is 0 Å². The molecule has 0 N–H and O–H groups in total. The summed E-state index contributed by atoms with van der Waals surface area (Å²) in [5.41, 5.74) is 3.57. The maximum absolute atomic E-state index is 14.5. The van der Waals surface area contributed by atoms with Crippen LogP contribution < -0.4 is 4.74 Å². The van der Waals surface area contributed by atoms with Crippen LogP contribution in [0.1, 0.15) is 6.92 Å². The Morgan fingerprint density at radius 3 is 2.77 bits per heavy atom. The molecule has 0 bridgehead atoms. The van der Waals surface area contributed by atoms with Gasteiger partial charge in [0.2, 0.25) is 5.88 Å². The molecule has 8 heteroatoms. The van der Waals surface area contributed by atoms with E-state index in [9.17, 15) is 4.39 Å². The molecule has 0 amide bonds. The van der Waals surface area contributed by atoms with E-state index >= 15 is 0 Å². The van der Waals surface area contributed by atoms with E-state index < -0.39 is 5.82 Å². The monoisotopic (exact) mass is 350 g/mol. The van der Waals surface area contributed by atoms with E-state index in [1.807, 2.05) is 11.5 Å². The molecule has 0 atom stereocenters. The number of fused-ring (bicyclic) bond motifs is 1. The van der Waals surface area contributed by atoms with Gasteiger partial charge in [-0.2, -0.15) is 5.10 Å². The molecule has 3 aromatic heterocycles. The second kappa shape index (κ2) is 6.47. The Labute approximate surface area is 148 Å². The Morgan fingerprint density at radius 2 is 1.96 bits per heavy atom. The summed E-state index contributed by atoms with van der Waals surface area (Å²) in [6.07, 6.45) is 6.34. The molecule has 130 valence electrons. The molecule has 4 rings (SSSR count). The Morgan fingerprint density at radius 1 is 1.12 bits per heavy atom. The zero-order chi connectivity index (χ0) is 18.1. The number of aryl methyl sites for hydroxylation is 1. The van der Waals surface area contributed by atoms with Crippen LogP contribution in [0.5, 0.6) is 5.88 Å². The molecule has 0 spiro atoms. The average Bonchev–Trinajstić information content (AvgIpc) is 3.12. The molecule has 0 aliphatic carbocycles. The predicted molar refractivity (Wildman–Crippen MR) is 94.0 cm³/mol. The number of benzene rings is 1. The summed E-state index contributed by atoms with van der Waals surface area (Å²) in [6.45, 7) is 2.74. The maximum Gasteiger partial charge on any atom is 0.240 e. The van der Waals surface area contributed by atoms with Crippen molar-refractivity contribution in [1.29, 1.82) is 0 Å². The average molecular weight is 350 g/mol. The van der Waals surface area contributed by atoms with Crippen molar-refractivity contribution in [3.63, 3.8) is 0 Å². The fourth-order valence-electron chi connectivity index (χ4n) is 2.85. The quantitative estimate of drug-likeness (QED) is 0.563. The van der Waals surface area contributed by atoms with E-state index in [-0.39, 0.29) is 5.88 Å². The first kappa shape index (κ1) is 16.1. The van der Waals surface area contributed by atoms with Gasteiger partial charge in [0.1, 0.15) is 17.0 Å². The van der Waals surface area contributed by atoms with Crippen LogP contribution in [0.2, 0.25) is 0 Å². The molecule has 7 nitrogen and oxygen atoms in total. The van der Waals surface area contributed by atoms with Gasteiger partial charge in [0.05, 0.1) is 19.6 Å². The van der Waals surface area contributed by atoms with E-state index in [1.165, 1.54) is 25.6 Å². The van der Waals surface area contributed by atoms with Crippen molar-refractivity contribution in [3.8, 4) is 28.3 Å². The molecule has 0 unspecified atom stereocenters. The first-order valence-electron chi connectivity index (χ1n) is 8.04. The van der Waals surface area contributed by atoms with Crippen molar-refractivity contribution < 1.29 is 9.13 Å². The lowest BCUT2D eigenvalue weighted by atomic mass is 10.0. The largest absolute Gasteiger partial charge is 0.479 e. The maximum atomic E-state index is 14.5. The van der Waals surface area contributed by atoms with Gasteiger partial charge in [-0.05, 0) is 24.6 Å². The van der Waals surface area contributed by atoms with Gasteiger partial charge < -0.3 is 9.30 Å². The fourth-order valence-corrected chi connectivity index (χ4v) is 2.85. The van der Waals surface area contributed by atoms with Crippen molar-refractivity contribution >= 4 is 11.2 Å². The third-order valence-electron chi connectivity index (χ3n) is 4.14. The number of hydrogen-bond acceptors (Lipinski definition) is 6. The highest BCUT2D eigenvalue weighted by Crippen LogP contribution is 2.33. The van der Waals surface area contributed by atoms with Crippen LogP contribution in [-0.4, -0.2) is 36.8 Å². The van der Waals surface area contributed by atoms with Crippen molar-refractivity contribution in [2.45, 2.75) is 13.5 Å². The highest BCUT2D eigenvalue weighted by Gasteiger charge is 2.17. The zero-order valence-corrected chi connectivity index (χ0v) is 14.2. The Hall–Kier alpha value is -3.42. The molecule has 4 aromatic rings. The smallest absolute Gasteiger partial charge is 0.240 e. The number of hydrogen-bond donors (Lipinski definition) is 0. The molecule has 0 aliphatic heterocycles. The minimum atomic E-state index is -0.412. The molecule has 0 fully saturated rings. The summed E-state index contributed by atoms with van der Waals surface area (Å²) < 4.78 is 21.6. The minimum Gasteiger partial charge on any atom is -0.479 e. The van der Waals surface area contributed by atoms with Gasteiger partial charge in [0, 0.05) is 30.1 Å². The highest BCUT2D eigenvalue weighted by molar-refractivity contribution is 5.90. The van der Waals surface area contributed by atoms with E-state index in [4.69, 9.17) is 4.74 Å². The molecule has 26 heavy (non-hydrogen) atoms. The lowest BCUT2D eigenvalue weighted by Gasteiger charge is -2.09. The molecule has 0 saturated carbocycles. The number of nitrogens with zero attached hydrogens (tertiary/aromatic N) is 6. The Balaban J connectivity index is 1.91. The van der Waals surface area contributed by atoms with Crippen LogP contribution in [-0.2, 0) is 6.54 Å². The zero-order valence-electron chi connectivity index (χ0n) is 14.2. The molecule has 0 aliphatic rings. The molecular weight excluding hydrogens is 335 g/mol. The fraction of sp³-hybridized carbons (Fsp3) is 0.167. The van der Waals surface area contributed by atoms with E-state index in [0.29, 0.717) is 22.4 Å². The van der Waals surface area contributed by atoms with Gasteiger partial charge in [0.25, 0.3) is 0 Å². The molecule has 3 heterocycles. The normalized spacial score (nSPS) is 11.0. The third-order valence-corrected chi connectivity index (χ3v) is 4.14. The topological polar surface area (TPSA) is 78.6 Å². The number of ether oxygens (including phenoxy) is 1. The number of rotatable bonds is 4. The van der Waals surface area contributed by atoms with Gasteiger partial charge in [-0.1, -0.05) is 6.07 Å². The summed E-state index contributed by atoms with van der Waals surface area (Å²) in [5.74, 6) is -0.151. The van der Waals surface area contributed by atoms with Crippen molar-refractivity contribution in [2.75, 3.05) is 7.11 Å². The van der Waals surface area contributed by atoms with Crippen LogP contribution in [0.4, 0.5) is 4.39 Å². The summed E-state index contributed by atoms with van der Waals surface area (Å²) in [6, 6.07) is 4.77. The number of halogens is 1. The van der Waals surface area contributed by atoms with Crippen molar-refractivity contribution in [2.24, 2.45) is 0 Å². The lowest BCUT2D eigenvalue weighted by Crippen LogP contribution is -1.97. The summed E-state index contributed by atoms with van der Waals surface area (Å²) in [5, 5.41) is 8.23. The Kier molecular flexibility index (Phi) is 4.00. The van der Waals surface area contributed by atoms with Gasteiger partial charge >= 0.3 is 0 Å². The van der Waals surface area contributed by atoms with Crippen LogP contribution in [0.3, 0.4) is 0 Å². The number of methoxy groups -OCH3 is 1. The highest BCUT2D eigenvalue weighted by atomic mass is 19.1. The van der Waals surface area contributed by atoms with Crippen molar-refractivity contribution in [1.82, 2.24) is 29.7 Å². The lowest BCUT2D eigenvalue weighted by molar-refractivity contribution is 0.397. The summed E-state index contributed by atoms with van der Waals surface area (Å²) in [7, 11) is 1.48. The van der Waals surface area contributed by atoms with Crippen LogP contribution in [0.25, 0.3) is 33.5 Å². The van der Waals surface area contributed by atoms with E-state index in [1.54, 1.807) is 24.7 Å². The van der Waals surface area contributed by atoms with Crippen LogP contribution in [0, 0.1) is 5.82 Å². The molecule has 1 aromatic carbocycles. The van der Waals surface area contributed by atoms with Gasteiger partial charge in [0.15, 0.2) is 5.65 Å². The van der Waals surface area contributed by atoms with Crippen LogP contribution in [0.15, 0.2) is 43.1 Å². The molecular formula is C18H15FN6O. The van der Waals surface area contributed by atoms with Gasteiger partial charge in [-0.15, -0.1) is 5.10 Å². The first-order chi connectivity index (χ1) is 12.7. The van der Waals surface area contributed by atoms with Gasteiger partial charge in [-0.25, -0.2) is 19.3 Å². The minimum absolute atomic E-state index is 0.261.